The summed E-state index contributed by atoms with van der Waals surface area (Å²) < 4.78 is 6.02. The SMILES string of the molecule is CCC(C)Oc1cc(C)ccc1CNC1=NCCN1C.I. The fourth-order valence-electron chi connectivity index (χ4n) is 2.12. The van der Waals surface area contributed by atoms with Gasteiger partial charge in [0.15, 0.2) is 5.96 Å². The third-order valence-electron chi connectivity index (χ3n) is 3.62. The standard InChI is InChI=1S/C16H25N3O.HI/c1-5-13(3)20-15-10-12(2)6-7-14(15)11-18-16-17-8-9-19(16)4;/h6-7,10,13H,5,8-9,11H2,1-4H3,(H,17,18);1H. The van der Waals surface area contributed by atoms with E-state index < -0.39 is 0 Å². The molecule has 1 aliphatic rings. The number of rotatable bonds is 5. The van der Waals surface area contributed by atoms with Gasteiger partial charge in [-0.3, -0.25) is 4.99 Å². The average molecular weight is 403 g/mol. The molecule has 1 aromatic rings. The Morgan fingerprint density at radius 2 is 2.19 bits per heavy atom. The molecule has 1 aliphatic heterocycles. The fraction of sp³-hybridized carbons (Fsp3) is 0.562. The lowest BCUT2D eigenvalue weighted by Crippen LogP contribution is -2.35. The molecule has 1 aromatic carbocycles. The van der Waals surface area contributed by atoms with E-state index in [0.717, 1.165) is 37.8 Å². The second-order valence-electron chi connectivity index (χ2n) is 5.43. The van der Waals surface area contributed by atoms with Gasteiger partial charge >= 0.3 is 0 Å². The third kappa shape index (κ3) is 5.05. The summed E-state index contributed by atoms with van der Waals surface area (Å²) in [5.74, 6) is 1.95. The van der Waals surface area contributed by atoms with E-state index in [1.807, 2.05) is 0 Å². The first-order chi connectivity index (χ1) is 9.60. The van der Waals surface area contributed by atoms with Crippen molar-refractivity contribution < 1.29 is 4.74 Å². The normalized spacial score (nSPS) is 15.2. The van der Waals surface area contributed by atoms with Gasteiger partial charge in [0.1, 0.15) is 5.75 Å². The summed E-state index contributed by atoms with van der Waals surface area (Å²) in [4.78, 5) is 6.59. The predicted molar refractivity (Wildman–Crippen MR) is 98.7 cm³/mol. The van der Waals surface area contributed by atoms with Gasteiger partial charge in [-0.25, -0.2) is 0 Å². The summed E-state index contributed by atoms with van der Waals surface area (Å²) >= 11 is 0. The first-order valence-corrected chi connectivity index (χ1v) is 7.35. The molecule has 1 N–H and O–H groups in total. The van der Waals surface area contributed by atoms with Gasteiger partial charge in [-0.15, -0.1) is 24.0 Å². The number of ether oxygens (including phenoxy) is 1. The van der Waals surface area contributed by atoms with Crippen molar-refractivity contribution in [3.05, 3.63) is 29.3 Å². The van der Waals surface area contributed by atoms with Crippen molar-refractivity contribution in [1.29, 1.82) is 0 Å². The highest BCUT2D eigenvalue weighted by Crippen LogP contribution is 2.22. The molecule has 0 amide bonds. The summed E-state index contributed by atoms with van der Waals surface area (Å²) in [5, 5.41) is 3.39. The lowest BCUT2D eigenvalue weighted by Gasteiger charge is -2.19. The maximum atomic E-state index is 6.02. The van der Waals surface area contributed by atoms with E-state index in [4.69, 9.17) is 4.74 Å². The first kappa shape index (κ1) is 18.1. The second kappa shape index (κ2) is 8.46. The van der Waals surface area contributed by atoms with Crippen LogP contribution < -0.4 is 10.1 Å². The molecule has 2 rings (SSSR count). The molecule has 118 valence electrons. The number of nitrogens with one attached hydrogen (secondary N) is 1. The highest BCUT2D eigenvalue weighted by molar-refractivity contribution is 14.0. The molecule has 0 saturated heterocycles. The van der Waals surface area contributed by atoms with E-state index in [1.54, 1.807) is 0 Å². The van der Waals surface area contributed by atoms with Crippen LogP contribution in [0.25, 0.3) is 0 Å². The Hall–Kier alpha value is -0.980. The minimum Gasteiger partial charge on any atom is -0.490 e. The number of hydrogen-bond acceptors (Lipinski definition) is 4. The van der Waals surface area contributed by atoms with Crippen LogP contribution in [0.15, 0.2) is 23.2 Å². The molecule has 0 spiro atoms. The topological polar surface area (TPSA) is 36.9 Å². The van der Waals surface area contributed by atoms with Crippen LogP contribution in [-0.4, -0.2) is 37.1 Å². The molecule has 1 atom stereocenters. The van der Waals surface area contributed by atoms with Gasteiger partial charge in [0.05, 0.1) is 12.6 Å². The van der Waals surface area contributed by atoms with Crippen LogP contribution in [0.4, 0.5) is 0 Å². The van der Waals surface area contributed by atoms with Crippen molar-refractivity contribution in [2.24, 2.45) is 4.99 Å². The fourth-order valence-corrected chi connectivity index (χ4v) is 2.12. The molecule has 0 aromatic heterocycles. The van der Waals surface area contributed by atoms with E-state index in [2.05, 4.69) is 61.2 Å². The Morgan fingerprint density at radius 3 is 2.81 bits per heavy atom. The van der Waals surface area contributed by atoms with Crippen LogP contribution in [0.5, 0.6) is 5.75 Å². The van der Waals surface area contributed by atoms with Crippen LogP contribution in [0, 0.1) is 6.92 Å². The first-order valence-electron chi connectivity index (χ1n) is 7.35. The molecule has 1 unspecified atom stereocenters. The Balaban J connectivity index is 0.00000220. The van der Waals surface area contributed by atoms with Gasteiger partial charge in [-0.05, 0) is 31.9 Å². The number of nitrogens with zero attached hydrogens (tertiary/aromatic N) is 2. The van der Waals surface area contributed by atoms with Gasteiger partial charge in [-0.1, -0.05) is 19.1 Å². The van der Waals surface area contributed by atoms with Crippen LogP contribution >= 0.6 is 24.0 Å². The summed E-state index contributed by atoms with van der Waals surface area (Å²) in [6, 6.07) is 6.37. The quantitative estimate of drug-likeness (QED) is 0.768. The second-order valence-corrected chi connectivity index (χ2v) is 5.43. The van der Waals surface area contributed by atoms with Crippen molar-refractivity contribution in [2.75, 3.05) is 20.1 Å². The minimum absolute atomic E-state index is 0. The molecule has 0 aliphatic carbocycles. The summed E-state index contributed by atoms with van der Waals surface area (Å²) in [6.45, 7) is 8.95. The smallest absolute Gasteiger partial charge is 0.194 e. The van der Waals surface area contributed by atoms with Gasteiger partial charge in [-0.2, -0.15) is 0 Å². The van der Waals surface area contributed by atoms with Gasteiger partial charge in [0.25, 0.3) is 0 Å². The maximum absolute atomic E-state index is 6.02. The van der Waals surface area contributed by atoms with Gasteiger partial charge < -0.3 is 15.0 Å². The highest BCUT2D eigenvalue weighted by Gasteiger charge is 2.13. The molecule has 1 heterocycles. The zero-order chi connectivity index (χ0) is 14.5. The van der Waals surface area contributed by atoms with E-state index in [1.165, 1.54) is 11.1 Å². The van der Waals surface area contributed by atoms with Crippen LogP contribution in [0.1, 0.15) is 31.4 Å². The monoisotopic (exact) mass is 403 g/mol. The molecule has 0 saturated carbocycles. The molecular formula is C16H26IN3O. The van der Waals surface area contributed by atoms with Crippen LogP contribution in [-0.2, 0) is 6.54 Å². The Kier molecular flexibility index (Phi) is 7.28. The molecule has 0 radical (unpaired) electrons. The number of aryl methyl sites for hydroxylation is 1. The van der Waals surface area contributed by atoms with Crippen molar-refractivity contribution in [3.63, 3.8) is 0 Å². The number of likely N-dealkylation sites (N-methyl/N-ethyl adjacent to an activating group) is 1. The van der Waals surface area contributed by atoms with Gasteiger partial charge in [0, 0.05) is 25.7 Å². The average Bonchev–Trinajstić information content (AvgIpc) is 2.83. The lowest BCUT2D eigenvalue weighted by molar-refractivity contribution is 0.215. The summed E-state index contributed by atoms with van der Waals surface area (Å²) in [6.07, 6.45) is 1.25. The zero-order valence-corrected chi connectivity index (χ0v) is 15.7. The number of benzene rings is 1. The van der Waals surface area contributed by atoms with Crippen molar-refractivity contribution >= 4 is 29.9 Å². The van der Waals surface area contributed by atoms with Gasteiger partial charge in [0.2, 0.25) is 0 Å². The van der Waals surface area contributed by atoms with E-state index in [9.17, 15) is 0 Å². The molecule has 5 heteroatoms. The Morgan fingerprint density at radius 1 is 1.43 bits per heavy atom. The number of halogens is 1. The highest BCUT2D eigenvalue weighted by atomic mass is 127. The molecular weight excluding hydrogens is 377 g/mol. The Labute approximate surface area is 145 Å². The minimum atomic E-state index is 0. The number of hydrogen-bond donors (Lipinski definition) is 1. The van der Waals surface area contributed by atoms with Crippen molar-refractivity contribution in [3.8, 4) is 5.75 Å². The number of aliphatic imine (C=N–C) groups is 1. The van der Waals surface area contributed by atoms with E-state index >= 15 is 0 Å². The van der Waals surface area contributed by atoms with E-state index in [-0.39, 0.29) is 30.1 Å². The Bertz CT molecular complexity index is 490. The van der Waals surface area contributed by atoms with Crippen molar-refractivity contribution in [1.82, 2.24) is 10.2 Å². The zero-order valence-electron chi connectivity index (χ0n) is 13.3. The summed E-state index contributed by atoms with van der Waals surface area (Å²) in [5.41, 5.74) is 2.40. The largest absolute Gasteiger partial charge is 0.490 e. The molecule has 21 heavy (non-hydrogen) atoms. The van der Waals surface area contributed by atoms with E-state index in [0.29, 0.717) is 0 Å². The molecule has 0 bridgehead atoms. The van der Waals surface area contributed by atoms with Crippen molar-refractivity contribution in [2.45, 2.75) is 39.8 Å². The van der Waals surface area contributed by atoms with Crippen LogP contribution in [0.3, 0.4) is 0 Å². The lowest BCUT2D eigenvalue weighted by atomic mass is 10.1. The molecule has 4 nitrogen and oxygen atoms in total. The number of guanidine groups is 1. The summed E-state index contributed by atoms with van der Waals surface area (Å²) in [7, 11) is 2.06. The molecule has 0 fully saturated rings. The third-order valence-corrected chi connectivity index (χ3v) is 3.62. The maximum Gasteiger partial charge on any atom is 0.194 e. The predicted octanol–water partition coefficient (Wildman–Crippen LogP) is 3.18. The van der Waals surface area contributed by atoms with Crippen LogP contribution in [0.2, 0.25) is 0 Å².